The first-order chi connectivity index (χ1) is 13.1. The molecule has 0 aliphatic carbocycles. The Hall–Kier alpha value is -2.73. The molecule has 0 unspecified atom stereocenters. The van der Waals surface area contributed by atoms with E-state index < -0.39 is 0 Å². The molecule has 2 N–H and O–H groups in total. The van der Waals surface area contributed by atoms with Gasteiger partial charge < -0.3 is 20.1 Å². The lowest BCUT2D eigenvalue weighted by molar-refractivity contribution is -0.116. The standard InChI is InChI=1S/C20H21ClN2O4/c21-15-12-17-18(27-11-5-10-26-17)13-16(15)23-19(24)8-4-9-22-20(25)14-6-2-1-3-7-14/h1-3,6-7,12-13H,4-5,8-11H2,(H,22,25)(H,23,24). The van der Waals surface area contributed by atoms with E-state index in [1.165, 1.54) is 0 Å². The van der Waals surface area contributed by atoms with Crippen LogP contribution in [-0.2, 0) is 4.79 Å². The molecule has 27 heavy (non-hydrogen) atoms. The lowest BCUT2D eigenvalue weighted by Gasteiger charge is -2.12. The average molecular weight is 389 g/mol. The number of hydrogen-bond acceptors (Lipinski definition) is 4. The molecule has 0 saturated carbocycles. The second-order valence-electron chi connectivity index (χ2n) is 6.10. The molecule has 0 saturated heterocycles. The molecule has 1 aliphatic heterocycles. The summed E-state index contributed by atoms with van der Waals surface area (Å²) in [4.78, 5) is 24.1. The topological polar surface area (TPSA) is 76.7 Å². The molecule has 2 aromatic carbocycles. The maximum absolute atomic E-state index is 12.2. The van der Waals surface area contributed by atoms with E-state index in [1.54, 1.807) is 36.4 Å². The number of halogens is 1. The van der Waals surface area contributed by atoms with Crippen LogP contribution in [0.3, 0.4) is 0 Å². The number of hydrogen-bond donors (Lipinski definition) is 2. The first-order valence-corrected chi connectivity index (χ1v) is 9.23. The Morgan fingerprint density at radius 1 is 1.04 bits per heavy atom. The van der Waals surface area contributed by atoms with Crippen molar-refractivity contribution in [3.8, 4) is 11.5 Å². The minimum Gasteiger partial charge on any atom is -0.490 e. The third-order valence-electron chi connectivity index (χ3n) is 4.01. The largest absolute Gasteiger partial charge is 0.490 e. The molecule has 1 aliphatic rings. The second-order valence-corrected chi connectivity index (χ2v) is 6.51. The van der Waals surface area contributed by atoms with Crippen molar-refractivity contribution in [3.63, 3.8) is 0 Å². The highest BCUT2D eigenvalue weighted by molar-refractivity contribution is 6.34. The number of fused-ring (bicyclic) bond motifs is 1. The fourth-order valence-corrected chi connectivity index (χ4v) is 2.84. The number of carbonyl (C=O) groups is 2. The normalized spacial score (nSPS) is 12.8. The average Bonchev–Trinajstić information content (AvgIpc) is 2.91. The van der Waals surface area contributed by atoms with Crippen molar-refractivity contribution in [3.05, 3.63) is 53.1 Å². The summed E-state index contributed by atoms with van der Waals surface area (Å²) in [5.74, 6) is 0.823. The fraction of sp³-hybridized carbons (Fsp3) is 0.300. The van der Waals surface area contributed by atoms with Crippen LogP contribution in [0.5, 0.6) is 11.5 Å². The molecule has 2 amide bonds. The van der Waals surface area contributed by atoms with E-state index in [-0.39, 0.29) is 18.2 Å². The molecule has 0 bridgehead atoms. The van der Waals surface area contributed by atoms with Crippen LogP contribution in [0.25, 0.3) is 0 Å². The van der Waals surface area contributed by atoms with Gasteiger partial charge in [-0.15, -0.1) is 0 Å². The lowest BCUT2D eigenvalue weighted by Crippen LogP contribution is -2.25. The Kier molecular flexibility index (Phi) is 6.54. The molecule has 1 heterocycles. The van der Waals surface area contributed by atoms with E-state index in [1.807, 2.05) is 6.07 Å². The molecule has 0 radical (unpaired) electrons. The number of nitrogens with one attached hydrogen (secondary N) is 2. The Morgan fingerprint density at radius 3 is 2.48 bits per heavy atom. The quantitative estimate of drug-likeness (QED) is 0.740. The van der Waals surface area contributed by atoms with E-state index in [2.05, 4.69) is 10.6 Å². The number of benzene rings is 2. The summed E-state index contributed by atoms with van der Waals surface area (Å²) >= 11 is 6.22. The maximum Gasteiger partial charge on any atom is 0.251 e. The van der Waals surface area contributed by atoms with Crippen LogP contribution in [0, 0.1) is 0 Å². The molecular weight excluding hydrogens is 368 g/mol. The monoisotopic (exact) mass is 388 g/mol. The summed E-state index contributed by atoms with van der Waals surface area (Å²) in [5.41, 5.74) is 1.08. The van der Waals surface area contributed by atoms with Gasteiger partial charge in [-0.1, -0.05) is 29.8 Å². The maximum atomic E-state index is 12.2. The zero-order chi connectivity index (χ0) is 19.1. The summed E-state index contributed by atoms with van der Waals surface area (Å²) in [6.45, 7) is 1.54. The van der Waals surface area contributed by atoms with Crippen LogP contribution in [0.4, 0.5) is 5.69 Å². The fourth-order valence-electron chi connectivity index (χ4n) is 2.63. The van der Waals surface area contributed by atoms with Gasteiger partial charge in [0.25, 0.3) is 5.91 Å². The lowest BCUT2D eigenvalue weighted by atomic mass is 10.2. The van der Waals surface area contributed by atoms with Gasteiger partial charge in [0, 0.05) is 37.1 Å². The van der Waals surface area contributed by atoms with Gasteiger partial charge in [0.15, 0.2) is 11.5 Å². The first kappa shape index (κ1) is 19.0. The van der Waals surface area contributed by atoms with Crippen molar-refractivity contribution in [2.45, 2.75) is 19.3 Å². The molecule has 0 aromatic heterocycles. The second kappa shape index (κ2) is 9.28. The zero-order valence-corrected chi connectivity index (χ0v) is 15.6. The van der Waals surface area contributed by atoms with E-state index >= 15 is 0 Å². The summed E-state index contributed by atoms with van der Waals surface area (Å²) in [5, 5.41) is 5.97. The van der Waals surface area contributed by atoms with Crippen LogP contribution >= 0.6 is 11.6 Å². The number of rotatable bonds is 6. The van der Waals surface area contributed by atoms with Crippen LogP contribution in [0.1, 0.15) is 29.6 Å². The first-order valence-electron chi connectivity index (χ1n) is 8.86. The van der Waals surface area contributed by atoms with E-state index in [0.717, 1.165) is 6.42 Å². The minimum absolute atomic E-state index is 0.151. The number of anilines is 1. The third-order valence-corrected chi connectivity index (χ3v) is 4.33. The van der Waals surface area contributed by atoms with Crippen LogP contribution in [-0.4, -0.2) is 31.6 Å². The molecule has 0 spiro atoms. The third kappa shape index (κ3) is 5.37. The van der Waals surface area contributed by atoms with Crippen molar-refractivity contribution in [2.75, 3.05) is 25.1 Å². The molecule has 3 rings (SSSR count). The van der Waals surface area contributed by atoms with Gasteiger partial charge in [0.2, 0.25) is 5.91 Å². The Labute approximate surface area is 162 Å². The summed E-state index contributed by atoms with van der Waals surface area (Å²) in [6.07, 6.45) is 1.58. The molecule has 0 atom stereocenters. The predicted molar refractivity (Wildman–Crippen MR) is 104 cm³/mol. The molecule has 142 valence electrons. The summed E-state index contributed by atoms with van der Waals surface area (Å²) < 4.78 is 11.2. The van der Waals surface area contributed by atoms with Gasteiger partial charge in [-0.25, -0.2) is 0 Å². The van der Waals surface area contributed by atoms with Crippen molar-refractivity contribution in [2.24, 2.45) is 0 Å². The Bertz CT molecular complexity index is 811. The number of ether oxygens (including phenoxy) is 2. The van der Waals surface area contributed by atoms with E-state index in [0.29, 0.717) is 54.0 Å². The molecular formula is C20H21ClN2O4. The van der Waals surface area contributed by atoms with Gasteiger partial charge in [0.05, 0.1) is 23.9 Å². The van der Waals surface area contributed by atoms with Crippen molar-refractivity contribution < 1.29 is 19.1 Å². The SMILES string of the molecule is O=C(CCCNC(=O)c1ccccc1)Nc1cc2c(cc1Cl)OCCCO2. The summed E-state index contributed by atoms with van der Waals surface area (Å²) in [6, 6.07) is 12.3. The highest BCUT2D eigenvalue weighted by Gasteiger charge is 2.15. The van der Waals surface area contributed by atoms with Crippen LogP contribution in [0.15, 0.2) is 42.5 Å². The highest BCUT2D eigenvalue weighted by Crippen LogP contribution is 2.37. The Balaban J connectivity index is 1.47. The number of amides is 2. The highest BCUT2D eigenvalue weighted by atomic mass is 35.5. The smallest absolute Gasteiger partial charge is 0.251 e. The minimum atomic E-state index is -0.180. The van der Waals surface area contributed by atoms with Gasteiger partial charge in [-0.2, -0.15) is 0 Å². The zero-order valence-electron chi connectivity index (χ0n) is 14.8. The molecule has 7 heteroatoms. The van der Waals surface area contributed by atoms with Crippen molar-refractivity contribution >= 4 is 29.1 Å². The Morgan fingerprint density at radius 2 is 1.74 bits per heavy atom. The van der Waals surface area contributed by atoms with E-state index in [9.17, 15) is 9.59 Å². The van der Waals surface area contributed by atoms with Gasteiger partial charge in [-0.3, -0.25) is 9.59 Å². The number of carbonyl (C=O) groups excluding carboxylic acids is 2. The van der Waals surface area contributed by atoms with Crippen LogP contribution < -0.4 is 20.1 Å². The van der Waals surface area contributed by atoms with Crippen LogP contribution in [0.2, 0.25) is 5.02 Å². The van der Waals surface area contributed by atoms with Gasteiger partial charge in [0.1, 0.15) is 0 Å². The predicted octanol–water partition coefficient (Wildman–Crippen LogP) is 3.65. The van der Waals surface area contributed by atoms with Crippen molar-refractivity contribution in [1.29, 1.82) is 0 Å². The molecule has 0 fully saturated rings. The van der Waals surface area contributed by atoms with E-state index in [4.69, 9.17) is 21.1 Å². The summed E-state index contributed by atoms with van der Waals surface area (Å²) in [7, 11) is 0. The van der Waals surface area contributed by atoms with Crippen molar-refractivity contribution in [1.82, 2.24) is 5.32 Å². The van der Waals surface area contributed by atoms with Gasteiger partial charge >= 0.3 is 0 Å². The van der Waals surface area contributed by atoms with Gasteiger partial charge in [-0.05, 0) is 18.6 Å². The molecule has 6 nitrogen and oxygen atoms in total. The molecule has 2 aromatic rings.